The second-order valence-corrected chi connectivity index (χ2v) is 3.34. The van der Waals surface area contributed by atoms with E-state index in [9.17, 15) is 0 Å². The molecular weight excluding hydrogens is 186 g/mol. The van der Waals surface area contributed by atoms with E-state index in [1.54, 1.807) is 12.4 Å². The van der Waals surface area contributed by atoms with Gasteiger partial charge in [0.2, 0.25) is 0 Å². The Kier molecular flexibility index (Phi) is 3.41. The number of aromatic nitrogens is 2. The number of nitrogens with one attached hydrogen (secondary N) is 1. The van der Waals surface area contributed by atoms with Crippen LogP contribution in [0.5, 0.6) is 0 Å². The van der Waals surface area contributed by atoms with Gasteiger partial charge in [-0.15, -0.1) is 0 Å². The van der Waals surface area contributed by atoms with Crippen LogP contribution in [0, 0.1) is 0 Å². The molecule has 0 saturated heterocycles. The summed E-state index contributed by atoms with van der Waals surface area (Å²) >= 11 is 0. The van der Waals surface area contributed by atoms with E-state index in [1.165, 1.54) is 5.56 Å². The lowest BCUT2D eigenvalue weighted by molar-refractivity contribution is 0.689. The summed E-state index contributed by atoms with van der Waals surface area (Å²) in [7, 11) is 0. The Labute approximate surface area is 89.2 Å². The second-order valence-electron chi connectivity index (χ2n) is 3.34. The summed E-state index contributed by atoms with van der Waals surface area (Å²) in [5.74, 6) is 0. The first-order chi connectivity index (χ1) is 7.45. The molecular formula is C12H13N3. The monoisotopic (exact) mass is 199 g/mol. The third kappa shape index (κ3) is 3.14. The molecule has 1 aromatic heterocycles. The molecule has 76 valence electrons. The summed E-state index contributed by atoms with van der Waals surface area (Å²) in [6.45, 7) is 1.70. The van der Waals surface area contributed by atoms with E-state index in [-0.39, 0.29) is 0 Å². The highest BCUT2D eigenvalue weighted by molar-refractivity contribution is 5.14. The Morgan fingerprint density at radius 3 is 2.40 bits per heavy atom. The van der Waals surface area contributed by atoms with Crippen LogP contribution in [0.25, 0.3) is 0 Å². The molecule has 0 atom stereocenters. The number of hydrogen-bond acceptors (Lipinski definition) is 3. The van der Waals surface area contributed by atoms with Gasteiger partial charge in [0, 0.05) is 19.3 Å². The molecule has 3 heteroatoms. The third-order valence-electron chi connectivity index (χ3n) is 2.15. The fraction of sp³-hybridized carbons (Fsp3) is 0.167. The van der Waals surface area contributed by atoms with E-state index in [1.807, 2.05) is 24.3 Å². The molecule has 3 nitrogen and oxygen atoms in total. The Morgan fingerprint density at radius 2 is 1.67 bits per heavy atom. The highest BCUT2D eigenvalue weighted by Gasteiger charge is 1.92. The Morgan fingerprint density at radius 1 is 0.867 bits per heavy atom. The summed E-state index contributed by atoms with van der Waals surface area (Å²) in [5.41, 5.74) is 2.44. The van der Waals surface area contributed by atoms with Crippen molar-refractivity contribution in [2.75, 3.05) is 0 Å². The zero-order valence-corrected chi connectivity index (χ0v) is 8.43. The van der Waals surface area contributed by atoms with E-state index >= 15 is 0 Å². The summed E-state index contributed by atoms with van der Waals surface area (Å²) in [6.07, 6.45) is 3.48. The number of rotatable bonds is 4. The van der Waals surface area contributed by atoms with Gasteiger partial charge >= 0.3 is 0 Å². The van der Waals surface area contributed by atoms with Gasteiger partial charge in [-0.05, 0) is 17.2 Å². The molecule has 1 aromatic carbocycles. The molecule has 0 amide bonds. The molecule has 0 aliphatic rings. The predicted molar refractivity (Wildman–Crippen MR) is 59.0 cm³/mol. The van der Waals surface area contributed by atoms with Gasteiger partial charge in [0.1, 0.15) is 0 Å². The molecule has 0 aliphatic heterocycles. The molecule has 15 heavy (non-hydrogen) atoms. The summed E-state index contributed by atoms with van der Waals surface area (Å²) in [5, 5.41) is 10.9. The van der Waals surface area contributed by atoms with Gasteiger partial charge in [-0.2, -0.15) is 10.2 Å². The summed E-state index contributed by atoms with van der Waals surface area (Å²) < 4.78 is 0. The van der Waals surface area contributed by atoms with Gasteiger partial charge in [0.15, 0.2) is 0 Å². The first-order valence-corrected chi connectivity index (χ1v) is 4.95. The topological polar surface area (TPSA) is 37.8 Å². The normalized spacial score (nSPS) is 10.1. The van der Waals surface area contributed by atoms with Crippen LogP contribution in [0.15, 0.2) is 48.8 Å². The van der Waals surface area contributed by atoms with E-state index in [0.717, 1.165) is 18.7 Å². The fourth-order valence-electron chi connectivity index (χ4n) is 1.37. The SMILES string of the molecule is c1ccc(CNCc2ccnnc2)cc1. The van der Waals surface area contributed by atoms with E-state index in [4.69, 9.17) is 0 Å². The standard InChI is InChI=1S/C12H13N3/c1-2-4-11(5-3-1)8-13-9-12-6-7-14-15-10-12/h1-7,10,13H,8-9H2. The molecule has 2 aromatic rings. The van der Waals surface area contributed by atoms with Gasteiger partial charge < -0.3 is 5.32 Å². The van der Waals surface area contributed by atoms with Crippen molar-refractivity contribution in [2.24, 2.45) is 0 Å². The van der Waals surface area contributed by atoms with Gasteiger partial charge in [0.05, 0.1) is 6.20 Å². The predicted octanol–water partition coefficient (Wildman–Crippen LogP) is 1.77. The minimum Gasteiger partial charge on any atom is -0.309 e. The fourth-order valence-corrected chi connectivity index (χ4v) is 1.37. The van der Waals surface area contributed by atoms with Crippen molar-refractivity contribution in [1.29, 1.82) is 0 Å². The zero-order valence-electron chi connectivity index (χ0n) is 8.43. The first kappa shape index (κ1) is 9.80. The van der Waals surface area contributed by atoms with Crippen LogP contribution in [-0.2, 0) is 13.1 Å². The molecule has 0 aliphatic carbocycles. The summed E-state index contributed by atoms with van der Waals surface area (Å²) in [4.78, 5) is 0. The smallest absolute Gasteiger partial charge is 0.0541 e. The van der Waals surface area contributed by atoms with Crippen LogP contribution < -0.4 is 5.32 Å². The molecule has 1 N–H and O–H groups in total. The highest BCUT2D eigenvalue weighted by atomic mass is 15.1. The Balaban J connectivity index is 1.81. The van der Waals surface area contributed by atoms with Crippen molar-refractivity contribution in [2.45, 2.75) is 13.1 Å². The van der Waals surface area contributed by atoms with Crippen LogP contribution in [0.1, 0.15) is 11.1 Å². The Bertz CT molecular complexity index is 347. The van der Waals surface area contributed by atoms with Crippen LogP contribution in [0.4, 0.5) is 0 Å². The van der Waals surface area contributed by atoms with Gasteiger partial charge in [-0.3, -0.25) is 0 Å². The second kappa shape index (κ2) is 5.22. The van der Waals surface area contributed by atoms with Crippen molar-refractivity contribution in [1.82, 2.24) is 15.5 Å². The molecule has 2 rings (SSSR count). The van der Waals surface area contributed by atoms with E-state index in [0.29, 0.717) is 0 Å². The lowest BCUT2D eigenvalue weighted by atomic mass is 10.2. The molecule has 0 saturated carbocycles. The minimum atomic E-state index is 0.824. The van der Waals surface area contributed by atoms with Crippen molar-refractivity contribution < 1.29 is 0 Å². The van der Waals surface area contributed by atoms with E-state index < -0.39 is 0 Å². The molecule has 0 unspecified atom stereocenters. The molecule has 1 heterocycles. The maximum atomic E-state index is 3.82. The van der Waals surface area contributed by atoms with Crippen molar-refractivity contribution >= 4 is 0 Å². The lowest BCUT2D eigenvalue weighted by Crippen LogP contribution is -2.12. The first-order valence-electron chi connectivity index (χ1n) is 4.95. The molecule has 0 fully saturated rings. The minimum absolute atomic E-state index is 0.824. The average molecular weight is 199 g/mol. The molecule has 0 bridgehead atoms. The van der Waals surface area contributed by atoms with Crippen LogP contribution in [0.2, 0.25) is 0 Å². The van der Waals surface area contributed by atoms with Gasteiger partial charge in [0.25, 0.3) is 0 Å². The van der Waals surface area contributed by atoms with E-state index in [2.05, 4.69) is 27.6 Å². The maximum absolute atomic E-state index is 3.82. The largest absolute Gasteiger partial charge is 0.309 e. The van der Waals surface area contributed by atoms with Crippen LogP contribution in [-0.4, -0.2) is 10.2 Å². The van der Waals surface area contributed by atoms with Crippen LogP contribution >= 0.6 is 0 Å². The lowest BCUT2D eigenvalue weighted by Gasteiger charge is -2.03. The average Bonchev–Trinajstić information content (AvgIpc) is 2.32. The number of hydrogen-bond donors (Lipinski definition) is 1. The molecule has 0 spiro atoms. The quantitative estimate of drug-likeness (QED) is 0.815. The van der Waals surface area contributed by atoms with Gasteiger partial charge in [-0.25, -0.2) is 0 Å². The zero-order chi connectivity index (χ0) is 10.3. The summed E-state index contributed by atoms with van der Waals surface area (Å²) in [6, 6.07) is 12.3. The maximum Gasteiger partial charge on any atom is 0.0541 e. The van der Waals surface area contributed by atoms with Crippen molar-refractivity contribution in [3.63, 3.8) is 0 Å². The van der Waals surface area contributed by atoms with Crippen LogP contribution in [0.3, 0.4) is 0 Å². The van der Waals surface area contributed by atoms with Crippen molar-refractivity contribution in [3.05, 3.63) is 59.9 Å². The van der Waals surface area contributed by atoms with Crippen molar-refractivity contribution in [3.8, 4) is 0 Å². The molecule has 0 radical (unpaired) electrons. The number of benzene rings is 1. The van der Waals surface area contributed by atoms with Gasteiger partial charge in [-0.1, -0.05) is 30.3 Å². The highest BCUT2D eigenvalue weighted by Crippen LogP contribution is 1.99. The third-order valence-corrected chi connectivity index (χ3v) is 2.15. The Hall–Kier alpha value is -1.74. The number of nitrogens with zero attached hydrogens (tertiary/aromatic N) is 2.